The van der Waals surface area contributed by atoms with Crippen molar-refractivity contribution in [2.24, 2.45) is 0 Å². The van der Waals surface area contributed by atoms with Crippen LogP contribution in [0, 0.1) is 5.82 Å². The summed E-state index contributed by atoms with van der Waals surface area (Å²) in [4.78, 5) is 0. The molecular weight excluding hydrogens is 448 g/mol. The number of ether oxygens (including phenoxy) is 2. The second-order valence-corrected chi connectivity index (χ2v) is 7.90. The van der Waals surface area contributed by atoms with E-state index in [2.05, 4.69) is 5.32 Å². The predicted octanol–water partition coefficient (Wildman–Crippen LogP) is 6.71. The summed E-state index contributed by atoms with van der Waals surface area (Å²) in [7, 11) is 1.53. The van der Waals surface area contributed by atoms with Gasteiger partial charge < -0.3 is 14.8 Å². The van der Waals surface area contributed by atoms with Crippen LogP contribution in [0.3, 0.4) is 0 Å². The summed E-state index contributed by atoms with van der Waals surface area (Å²) in [5, 5.41) is 4.79. The van der Waals surface area contributed by atoms with Crippen molar-refractivity contribution in [3.63, 3.8) is 0 Å². The van der Waals surface area contributed by atoms with E-state index < -0.39 is 5.82 Å². The maximum atomic E-state index is 14.0. The fraction of sp³-hybridized carbons (Fsp3) is 0.217. The van der Waals surface area contributed by atoms with Gasteiger partial charge in [0.15, 0.2) is 11.5 Å². The van der Waals surface area contributed by atoms with Crippen molar-refractivity contribution in [2.75, 3.05) is 13.7 Å². The van der Waals surface area contributed by atoms with Crippen LogP contribution < -0.4 is 14.8 Å². The minimum absolute atomic E-state index is 0.0553. The molecule has 0 aliphatic heterocycles. The Hall–Kier alpha value is -1.98. The van der Waals surface area contributed by atoms with Crippen LogP contribution in [0.25, 0.3) is 0 Å². The van der Waals surface area contributed by atoms with Crippen molar-refractivity contribution in [1.29, 1.82) is 0 Å². The zero-order valence-electron chi connectivity index (χ0n) is 16.4. The van der Waals surface area contributed by atoms with Crippen LogP contribution in [0.2, 0.25) is 15.1 Å². The van der Waals surface area contributed by atoms with Crippen molar-refractivity contribution in [3.05, 3.63) is 92.2 Å². The standard InChI is InChI=1S/C23H21Cl3FNO2/c1-29-22-12-16(13-28-10-9-15-5-7-17(24)8-6-15)11-20(26)23(22)30-14-18-19(25)3-2-4-21(18)27/h2-8,11-12,28H,9-10,13-14H2,1H3. The first-order valence-electron chi connectivity index (χ1n) is 9.35. The highest BCUT2D eigenvalue weighted by Crippen LogP contribution is 2.37. The molecule has 3 aromatic carbocycles. The number of methoxy groups -OCH3 is 1. The molecule has 0 aliphatic rings. The number of nitrogens with one attached hydrogen (secondary N) is 1. The molecule has 30 heavy (non-hydrogen) atoms. The molecule has 0 radical (unpaired) electrons. The smallest absolute Gasteiger partial charge is 0.180 e. The summed E-state index contributed by atoms with van der Waals surface area (Å²) in [5.41, 5.74) is 2.42. The molecular formula is C23H21Cl3FNO2. The van der Waals surface area contributed by atoms with E-state index in [1.807, 2.05) is 30.3 Å². The predicted molar refractivity (Wildman–Crippen MR) is 121 cm³/mol. The van der Waals surface area contributed by atoms with Gasteiger partial charge in [0.2, 0.25) is 0 Å². The van der Waals surface area contributed by atoms with Gasteiger partial charge in [-0.2, -0.15) is 0 Å². The molecule has 3 aromatic rings. The Kier molecular flexibility index (Phi) is 8.23. The molecule has 0 unspecified atom stereocenters. The molecule has 0 spiro atoms. The van der Waals surface area contributed by atoms with E-state index in [-0.39, 0.29) is 12.2 Å². The van der Waals surface area contributed by atoms with Gasteiger partial charge >= 0.3 is 0 Å². The van der Waals surface area contributed by atoms with Crippen LogP contribution in [-0.4, -0.2) is 13.7 Å². The van der Waals surface area contributed by atoms with Crippen LogP contribution in [0.15, 0.2) is 54.6 Å². The van der Waals surface area contributed by atoms with Gasteiger partial charge in [-0.05, 0) is 60.5 Å². The second-order valence-electron chi connectivity index (χ2n) is 6.65. The average molecular weight is 469 g/mol. The highest BCUT2D eigenvalue weighted by Gasteiger charge is 2.15. The first-order chi connectivity index (χ1) is 14.5. The van der Waals surface area contributed by atoms with Crippen molar-refractivity contribution in [2.45, 2.75) is 19.6 Å². The lowest BCUT2D eigenvalue weighted by molar-refractivity contribution is 0.280. The van der Waals surface area contributed by atoms with Crippen molar-refractivity contribution in [3.8, 4) is 11.5 Å². The van der Waals surface area contributed by atoms with Crippen molar-refractivity contribution in [1.82, 2.24) is 5.32 Å². The number of rotatable bonds is 9. The Bertz CT molecular complexity index is 976. The highest BCUT2D eigenvalue weighted by molar-refractivity contribution is 6.32. The lowest BCUT2D eigenvalue weighted by atomic mass is 10.1. The zero-order chi connectivity index (χ0) is 21.5. The lowest BCUT2D eigenvalue weighted by Crippen LogP contribution is -2.16. The van der Waals surface area contributed by atoms with Gasteiger partial charge in [-0.15, -0.1) is 0 Å². The number of hydrogen-bond donors (Lipinski definition) is 1. The van der Waals surface area contributed by atoms with E-state index in [9.17, 15) is 4.39 Å². The third kappa shape index (κ3) is 6.02. The van der Waals surface area contributed by atoms with Gasteiger partial charge in [0.05, 0.1) is 17.2 Å². The lowest BCUT2D eigenvalue weighted by Gasteiger charge is -2.15. The highest BCUT2D eigenvalue weighted by atomic mass is 35.5. The Balaban J connectivity index is 1.61. The molecule has 0 fully saturated rings. The molecule has 0 aliphatic carbocycles. The maximum Gasteiger partial charge on any atom is 0.180 e. The third-order valence-electron chi connectivity index (χ3n) is 4.54. The van der Waals surface area contributed by atoms with Crippen molar-refractivity contribution >= 4 is 34.8 Å². The zero-order valence-corrected chi connectivity index (χ0v) is 18.6. The molecule has 0 saturated heterocycles. The van der Waals surface area contributed by atoms with E-state index in [4.69, 9.17) is 44.3 Å². The minimum Gasteiger partial charge on any atom is -0.493 e. The number of halogens is 4. The summed E-state index contributed by atoms with van der Waals surface area (Å²) in [6.45, 7) is 1.36. The Morgan fingerprint density at radius 2 is 1.70 bits per heavy atom. The fourth-order valence-corrected chi connectivity index (χ4v) is 3.58. The van der Waals surface area contributed by atoms with Gasteiger partial charge in [0, 0.05) is 17.1 Å². The van der Waals surface area contributed by atoms with E-state index in [1.54, 1.807) is 18.2 Å². The van der Waals surface area contributed by atoms with Gasteiger partial charge in [-0.3, -0.25) is 0 Å². The summed E-state index contributed by atoms with van der Waals surface area (Å²) in [5.74, 6) is 0.395. The van der Waals surface area contributed by atoms with Gasteiger partial charge in [0.25, 0.3) is 0 Å². The van der Waals surface area contributed by atoms with Gasteiger partial charge in [-0.25, -0.2) is 4.39 Å². The molecule has 0 atom stereocenters. The summed E-state index contributed by atoms with van der Waals surface area (Å²) in [6, 6.07) is 15.9. The van der Waals surface area contributed by atoms with Gasteiger partial charge in [-0.1, -0.05) is 53.0 Å². The van der Waals surface area contributed by atoms with E-state index >= 15 is 0 Å². The van der Waals surface area contributed by atoms with Crippen LogP contribution >= 0.6 is 34.8 Å². The Morgan fingerprint density at radius 1 is 0.933 bits per heavy atom. The molecule has 3 rings (SSSR count). The first-order valence-corrected chi connectivity index (χ1v) is 10.5. The second kappa shape index (κ2) is 10.9. The molecule has 158 valence electrons. The van der Waals surface area contributed by atoms with Crippen LogP contribution in [0.4, 0.5) is 4.39 Å². The maximum absolute atomic E-state index is 14.0. The van der Waals surface area contributed by atoms with Crippen molar-refractivity contribution < 1.29 is 13.9 Å². The third-order valence-corrected chi connectivity index (χ3v) is 5.43. The topological polar surface area (TPSA) is 30.5 Å². The van der Waals surface area contributed by atoms with E-state index in [0.717, 1.165) is 23.6 Å². The number of hydrogen-bond acceptors (Lipinski definition) is 3. The molecule has 0 bridgehead atoms. The van der Waals surface area contributed by atoms with E-state index in [1.165, 1.54) is 18.7 Å². The molecule has 0 saturated carbocycles. The molecule has 3 nitrogen and oxygen atoms in total. The average Bonchev–Trinajstić information content (AvgIpc) is 2.73. The summed E-state index contributed by atoms with van der Waals surface area (Å²) in [6.07, 6.45) is 0.882. The first kappa shape index (κ1) is 22.7. The van der Waals surface area contributed by atoms with Crippen LogP contribution in [-0.2, 0) is 19.6 Å². The monoisotopic (exact) mass is 467 g/mol. The quantitative estimate of drug-likeness (QED) is 0.354. The SMILES string of the molecule is COc1cc(CNCCc2ccc(Cl)cc2)cc(Cl)c1OCc1c(F)cccc1Cl. The van der Waals surface area contributed by atoms with Crippen LogP contribution in [0.1, 0.15) is 16.7 Å². The minimum atomic E-state index is -0.431. The molecule has 0 heterocycles. The Labute approximate surface area is 190 Å². The van der Waals surface area contributed by atoms with Gasteiger partial charge in [0.1, 0.15) is 12.4 Å². The molecule has 7 heteroatoms. The molecule has 1 N–H and O–H groups in total. The van der Waals surface area contributed by atoms with E-state index in [0.29, 0.717) is 28.1 Å². The Morgan fingerprint density at radius 3 is 2.40 bits per heavy atom. The molecule has 0 aromatic heterocycles. The number of benzene rings is 3. The summed E-state index contributed by atoms with van der Waals surface area (Å²) >= 11 is 18.4. The fourth-order valence-electron chi connectivity index (χ4n) is 2.95. The summed E-state index contributed by atoms with van der Waals surface area (Å²) < 4.78 is 25.1. The van der Waals surface area contributed by atoms with Crippen LogP contribution in [0.5, 0.6) is 11.5 Å². The normalized spacial score (nSPS) is 10.8. The molecule has 0 amide bonds. The largest absolute Gasteiger partial charge is 0.493 e.